The molecule has 3 N–H and O–H groups in total. The summed E-state index contributed by atoms with van der Waals surface area (Å²) in [6, 6.07) is 10.4. The maximum Gasteiger partial charge on any atom is 0.238 e. The quantitative estimate of drug-likeness (QED) is 0.720. The number of sulfonamides is 1. The molecule has 2 aromatic heterocycles. The van der Waals surface area contributed by atoms with Gasteiger partial charge in [0.2, 0.25) is 15.2 Å². The molecule has 0 aliphatic carbocycles. The minimum Gasteiger partial charge on any atom is -0.356 e. The molecular formula is C15H15N5O2S2. The van der Waals surface area contributed by atoms with Gasteiger partial charge >= 0.3 is 0 Å². The van der Waals surface area contributed by atoms with Gasteiger partial charge in [-0.1, -0.05) is 23.5 Å². The number of hydrogen-bond acceptors (Lipinski definition) is 7. The first-order valence-electron chi connectivity index (χ1n) is 7.04. The van der Waals surface area contributed by atoms with Crippen LogP contribution in [0.3, 0.4) is 0 Å². The van der Waals surface area contributed by atoms with Crippen molar-refractivity contribution in [2.24, 2.45) is 5.14 Å². The van der Waals surface area contributed by atoms with Crippen LogP contribution in [0.5, 0.6) is 0 Å². The molecule has 24 heavy (non-hydrogen) atoms. The third-order valence-corrected chi connectivity index (χ3v) is 5.20. The molecule has 0 atom stereocenters. The first-order valence-corrected chi connectivity index (χ1v) is 9.41. The Kier molecular flexibility index (Phi) is 4.56. The second kappa shape index (κ2) is 6.63. The van der Waals surface area contributed by atoms with E-state index in [0.29, 0.717) is 11.7 Å². The molecule has 0 fully saturated rings. The average molecular weight is 361 g/mol. The normalized spacial score (nSPS) is 11.4. The number of anilines is 1. The van der Waals surface area contributed by atoms with Crippen LogP contribution >= 0.6 is 11.3 Å². The highest BCUT2D eigenvalue weighted by Gasteiger charge is 2.11. The number of benzene rings is 1. The fourth-order valence-electron chi connectivity index (χ4n) is 2.10. The Morgan fingerprint density at radius 1 is 1.21 bits per heavy atom. The van der Waals surface area contributed by atoms with E-state index in [4.69, 9.17) is 5.14 Å². The van der Waals surface area contributed by atoms with Gasteiger partial charge in [0.15, 0.2) is 5.01 Å². The Hall–Kier alpha value is -2.36. The summed E-state index contributed by atoms with van der Waals surface area (Å²) >= 11 is 1.41. The van der Waals surface area contributed by atoms with E-state index in [9.17, 15) is 8.42 Å². The summed E-state index contributed by atoms with van der Waals surface area (Å²) in [6.45, 7) is 2.35. The van der Waals surface area contributed by atoms with E-state index in [1.165, 1.54) is 17.4 Å². The van der Waals surface area contributed by atoms with Crippen LogP contribution in [-0.2, 0) is 16.6 Å². The van der Waals surface area contributed by atoms with Crippen molar-refractivity contribution in [3.8, 4) is 10.7 Å². The fourth-order valence-corrected chi connectivity index (χ4v) is 3.42. The molecule has 0 radical (unpaired) electrons. The van der Waals surface area contributed by atoms with Crippen molar-refractivity contribution in [2.45, 2.75) is 18.4 Å². The third-order valence-electron chi connectivity index (χ3n) is 3.38. The van der Waals surface area contributed by atoms with Crippen LogP contribution in [0.25, 0.3) is 10.7 Å². The van der Waals surface area contributed by atoms with Gasteiger partial charge in [-0.15, -0.1) is 10.2 Å². The van der Waals surface area contributed by atoms with E-state index >= 15 is 0 Å². The number of nitrogens with two attached hydrogens (primary N) is 1. The van der Waals surface area contributed by atoms with E-state index in [-0.39, 0.29) is 4.90 Å². The fraction of sp³-hybridized carbons (Fsp3) is 0.133. The second-order valence-corrected chi connectivity index (χ2v) is 7.65. The zero-order valence-corrected chi connectivity index (χ0v) is 14.4. The number of nitrogens with zero attached hydrogens (tertiary/aromatic N) is 3. The summed E-state index contributed by atoms with van der Waals surface area (Å²) in [6.07, 6.45) is 1.71. The average Bonchev–Trinajstić information content (AvgIpc) is 3.02. The summed E-state index contributed by atoms with van der Waals surface area (Å²) in [4.78, 5) is 4.35. The van der Waals surface area contributed by atoms with Crippen molar-refractivity contribution in [1.29, 1.82) is 0 Å². The van der Waals surface area contributed by atoms with Gasteiger partial charge in [-0.05, 0) is 42.3 Å². The van der Waals surface area contributed by atoms with Gasteiger partial charge < -0.3 is 5.32 Å². The van der Waals surface area contributed by atoms with E-state index in [2.05, 4.69) is 20.5 Å². The Bertz CT molecular complexity index is 955. The topological polar surface area (TPSA) is 111 Å². The third kappa shape index (κ3) is 3.75. The number of pyridine rings is 1. The lowest BCUT2D eigenvalue weighted by atomic mass is 10.1. The second-order valence-electron chi connectivity index (χ2n) is 5.11. The lowest BCUT2D eigenvalue weighted by Gasteiger charge is -2.08. The Labute approximate surface area is 143 Å². The SMILES string of the molecule is Cc1cc(S(N)(=O)=O)ccc1CNc1nnc(-c2ccccn2)s1. The molecule has 7 nitrogen and oxygen atoms in total. The van der Waals surface area contributed by atoms with E-state index in [1.807, 2.05) is 25.1 Å². The largest absolute Gasteiger partial charge is 0.356 e. The minimum atomic E-state index is -3.68. The standard InChI is InChI=1S/C15H15N5O2S2/c1-10-8-12(24(16,21)22)6-5-11(10)9-18-15-20-19-14(23-15)13-4-2-3-7-17-13/h2-8H,9H2,1H3,(H,18,20)(H2,16,21,22). The molecule has 124 valence electrons. The van der Waals surface area contributed by atoms with Crippen molar-refractivity contribution in [3.63, 3.8) is 0 Å². The molecule has 3 rings (SSSR count). The van der Waals surface area contributed by atoms with Crippen molar-refractivity contribution < 1.29 is 8.42 Å². The molecule has 3 aromatic rings. The molecule has 0 spiro atoms. The summed E-state index contributed by atoms with van der Waals surface area (Å²) in [5.74, 6) is 0. The van der Waals surface area contributed by atoms with Crippen molar-refractivity contribution in [1.82, 2.24) is 15.2 Å². The van der Waals surface area contributed by atoms with Crippen LogP contribution in [0, 0.1) is 6.92 Å². The molecular weight excluding hydrogens is 346 g/mol. The van der Waals surface area contributed by atoms with Crippen molar-refractivity contribution in [2.75, 3.05) is 5.32 Å². The highest BCUT2D eigenvalue weighted by molar-refractivity contribution is 7.89. The van der Waals surface area contributed by atoms with Gasteiger partial charge in [-0.3, -0.25) is 4.98 Å². The Morgan fingerprint density at radius 2 is 2.04 bits per heavy atom. The van der Waals surface area contributed by atoms with Gasteiger partial charge in [0.25, 0.3) is 0 Å². The first-order chi connectivity index (χ1) is 11.4. The Balaban J connectivity index is 1.72. The zero-order valence-electron chi connectivity index (χ0n) is 12.8. The lowest BCUT2D eigenvalue weighted by molar-refractivity contribution is 0.597. The number of nitrogens with one attached hydrogen (secondary N) is 1. The summed E-state index contributed by atoms with van der Waals surface area (Å²) in [7, 11) is -3.68. The molecule has 0 aliphatic heterocycles. The van der Waals surface area contributed by atoms with Crippen LogP contribution in [0.15, 0.2) is 47.5 Å². The predicted molar refractivity (Wildman–Crippen MR) is 93.0 cm³/mol. The number of aryl methyl sites for hydroxylation is 1. The highest BCUT2D eigenvalue weighted by Crippen LogP contribution is 2.25. The summed E-state index contributed by atoms with van der Waals surface area (Å²) in [5, 5.41) is 17.9. The van der Waals surface area contributed by atoms with Crippen molar-refractivity contribution >= 4 is 26.5 Å². The molecule has 9 heteroatoms. The zero-order chi connectivity index (χ0) is 17.2. The maximum atomic E-state index is 11.4. The lowest BCUT2D eigenvalue weighted by Crippen LogP contribution is -2.12. The van der Waals surface area contributed by atoms with Crippen LogP contribution in [-0.4, -0.2) is 23.6 Å². The molecule has 0 saturated heterocycles. The number of primary sulfonamides is 1. The smallest absolute Gasteiger partial charge is 0.238 e. The van der Waals surface area contributed by atoms with Crippen molar-refractivity contribution in [3.05, 3.63) is 53.7 Å². The van der Waals surface area contributed by atoms with Gasteiger partial charge in [0, 0.05) is 12.7 Å². The molecule has 2 heterocycles. The molecule has 0 saturated carbocycles. The summed E-state index contributed by atoms with van der Waals surface area (Å²) < 4.78 is 22.7. The molecule has 0 aliphatic rings. The number of hydrogen-bond donors (Lipinski definition) is 2. The molecule has 0 unspecified atom stereocenters. The van der Waals surface area contributed by atoms with Crippen LogP contribution in [0.4, 0.5) is 5.13 Å². The number of rotatable bonds is 5. The van der Waals surface area contributed by atoms with Gasteiger partial charge in [-0.25, -0.2) is 13.6 Å². The Morgan fingerprint density at radius 3 is 2.71 bits per heavy atom. The van der Waals surface area contributed by atoms with E-state index in [1.54, 1.807) is 18.3 Å². The monoisotopic (exact) mass is 361 g/mol. The van der Waals surface area contributed by atoms with Crippen LogP contribution in [0.1, 0.15) is 11.1 Å². The minimum absolute atomic E-state index is 0.108. The van der Waals surface area contributed by atoms with E-state index in [0.717, 1.165) is 21.8 Å². The van der Waals surface area contributed by atoms with Crippen LogP contribution in [0.2, 0.25) is 0 Å². The van der Waals surface area contributed by atoms with Crippen LogP contribution < -0.4 is 10.5 Å². The maximum absolute atomic E-state index is 11.4. The molecule has 0 amide bonds. The molecule has 1 aromatic carbocycles. The predicted octanol–water partition coefficient (Wildman–Crippen LogP) is 2.17. The first kappa shape index (κ1) is 16.5. The number of aromatic nitrogens is 3. The van der Waals surface area contributed by atoms with E-state index < -0.39 is 10.0 Å². The highest BCUT2D eigenvalue weighted by atomic mass is 32.2. The summed E-state index contributed by atoms with van der Waals surface area (Å²) in [5.41, 5.74) is 2.57. The van der Waals surface area contributed by atoms with Gasteiger partial charge in [0.05, 0.1) is 4.90 Å². The van der Waals surface area contributed by atoms with Gasteiger partial charge in [-0.2, -0.15) is 0 Å². The molecule has 0 bridgehead atoms. The van der Waals surface area contributed by atoms with Gasteiger partial charge in [0.1, 0.15) is 5.69 Å².